The molecule has 74 valence electrons. The minimum atomic E-state index is 1.13. The highest BCUT2D eigenvalue weighted by atomic mass is 14.7. The van der Waals surface area contributed by atoms with Crippen molar-refractivity contribution in [2.75, 3.05) is 0 Å². The van der Waals surface area contributed by atoms with Gasteiger partial charge in [0.1, 0.15) is 0 Å². The first-order valence-electron chi connectivity index (χ1n) is 4.88. The summed E-state index contributed by atoms with van der Waals surface area (Å²) < 4.78 is 0. The van der Waals surface area contributed by atoms with Crippen molar-refractivity contribution >= 4 is 24.3 Å². The molecule has 0 atom stereocenters. The number of nitrogens with one attached hydrogen (secondary N) is 1. The lowest BCUT2D eigenvalue weighted by Crippen LogP contribution is -2.22. The number of aromatic nitrogens is 1. The zero-order chi connectivity index (χ0) is 10.6. The van der Waals surface area contributed by atoms with Crippen molar-refractivity contribution in [3.63, 3.8) is 0 Å². The van der Waals surface area contributed by atoms with Crippen LogP contribution in [0.2, 0.25) is 0 Å². The summed E-state index contributed by atoms with van der Waals surface area (Å²) in [5.74, 6) is 0. The Labute approximate surface area is 85.2 Å². The minimum absolute atomic E-state index is 1.13. The van der Waals surface area contributed by atoms with Gasteiger partial charge in [-0.25, -0.2) is 0 Å². The van der Waals surface area contributed by atoms with Crippen molar-refractivity contribution in [2.45, 2.75) is 20.8 Å². The molecule has 0 saturated heterocycles. The molecule has 0 radical (unpaired) electrons. The van der Waals surface area contributed by atoms with Crippen LogP contribution in [0, 0.1) is 0 Å². The second-order valence-electron chi connectivity index (χ2n) is 3.06. The number of allylic oxidation sites excluding steroid dienone is 1. The molecule has 1 aromatic heterocycles. The minimum Gasteiger partial charge on any atom is -0.355 e. The van der Waals surface area contributed by atoms with E-state index in [0.717, 1.165) is 11.0 Å². The number of rotatable bonds is 2. The molecule has 0 aliphatic carbocycles. The predicted molar refractivity (Wildman–Crippen MR) is 65.1 cm³/mol. The van der Waals surface area contributed by atoms with E-state index in [-0.39, 0.29) is 0 Å². The molecule has 1 nitrogen and oxygen atoms in total. The van der Waals surface area contributed by atoms with Crippen LogP contribution in [0.3, 0.4) is 0 Å². The molecule has 1 heterocycles. The summed E-state index contributed by atoms with van der Waals surface area (Å²) in [5.41, 5.74) is 2.31. The lowest BCUT2D eigenvalue weighted by Gasteiger charge is -1.89. The Morgan fingerprint density at radius 3 is 2.29 bits per heavy atom. The van der Waals surface area contributed by atoms with Gasteiger partial charge in [-0.15, -0.1) is 0 Å². The molecular formula is C13H17N. The van der Waals surface area contributed by atoms with Crippen molar-refractivity contribution in [3.8, 4) is 0 Å². The third-order valence-electron chi connectivity index (χ3n) is 2.25. The third-order valence-corrected chi connectivity index (χ3v) is 2.25. The Morgan fingerprint density at radius 2 is 1.86 bits per heavy atom. The quantitative estimate of drug-likeness (QED) is 0.731. The van der Waals surface area contributed by atoms with Crippen molar-refractivity contribution in [1.82, 2.24) is 4.98 Å². The normalized spacial score (nSPS) is 14.2. The van der Waals surface area contributed by atoms with Crippen LogP contribution < -0.4 is 10.6 Å². The van der Waals surface area contributed by atoms with Gasteiger partial charge in [0.15, 0.2) is 0 Å². The van der Waals surface area contributed by atoms with Crippen LogP contribution in [0.25, 0.3) is 24.3 Å². The van der Waals surface area contributed by atoms with Crippen LogP contribution in [0.5, 0.6) is 0 Å². The summed E-state index contributed by atoms with van der Waals surface area (Å²) >= 11 is 0. The summed E-state index contributed by atoms with van der Waals surface area (Å²) in [5, 5.41) is 2.39. The van der Waals surface area contributed by atoms with Gasteiger partial charge < -0.3 is 4.98 Å². The molecule has 0 aromatic carbocycles. The fraction of sp³-hybridized carbons (Fsp3) is 0.231. The van der Waals surface area contributed by atoms with Gasteiger partial charge in [-0.05, 0) is 26.8 Å². The summed E-state index contributed by atoms with van der Waals surface area (Å²) in [4.78, 5) is 3.36. The Bertz CT molecular complexity index is 458. The molecule has 0 fully saturated rings. The fourth-order valence-corrected chi connectivity index (χ4v) is 1.63. The Balaban J connectivity index is 3.65. The van der Waals surface area contributed by atoms with E-state index in [9.17, 15) is 0 Å². The van der Waals surface area contributed by atoms with Crippen LogP contribution in [0.4, 0.5) is 0 Å². The second kappa shape index (κ2) is 4.66. The van der Waals surface area contributed by atoms with Crippen LogP contribution in [-0.2, 0) is 0 Å². The SMILES string of the molecule is C=Cc1c(/C=C\C)[nH]c(=C/C)/c1=C\C. The number of hydrogen-bond acceptors (Lipinski definition) is 0. The standard InChI is InChI=1S/C13H17N/c1-5-9-13-11(7-3)10(6-2)12(8-4)14-13/h5-9,14H,3H2,1-2,4H3/b9-5-,10-6-,12-8+. The first-order chi connectivity index (χ1) is 6.78. The van der Waals surface area contributed by atoms with Crippen molar-refractivity contribution in [2.24, 2.45) is 0 Å². The fourth-order valence-electron chi connectivity index (χ4n) is 1.63. The largest absolute Gasteiger partial charge is 0.355 e. The van der Waals surface area contributed by atoms with E-state index in [2.05, 4.69) is 29.8 Å². The zero-order valence-corrected chi connectivity index (χ0v) is 9.09. The Kier molecular flexibility index (Phi) is 3.52. The molecule has 0 saturated carbocycles. The highest BCUT2D eigenvalue weighted by Gasteiger charge is 2.00. The molecule has 0 spiro atoms. The maximum absolute atomic E-state index is 3.84. The van der Waals surface area contributed by atoms with Crippen LogP contribution in [0.15, 0.2) is 12.7 Å². The zero-order valence-electron chi connectivity index (χ0n) is 9.09. The summed E-state index contributed by atoms with van der Waals surface area (Å²) in [6.45, 7) is 9.93. The maximum atomic E-state index is 3.84. The van der Waals surface area contributed by atoms with E-state index in [1.807, 2.05) is 32.9 Å². The molecule has 1 N–H and O–H groups in total. The van der Waals surface area contributed by atoms with Gasteiger partial charge in [0, 0.05) is 21.8 Å². The number of hydrogen-bond donors (Lipinski definition) is 1. The molecule has 0 bridgehead atoms. The van der Waals surface area contributed by atoms with E-state index in [0.29, 0.717) is 0 Å². The molecule has 0 aliphatic heterocycles. The van der Waals surface area contributed by atoms with Crippen LogP contribution in [0.1, 0.15) is 32.0 Å². The number of H-pyrrole nitrogens is 1. The lowest BCUT2D eigenvalue weighted by atomic mass is 10.2. The van der Waals surface area contributed by atoms with E-state index < -0.39 is 0 Å². The molecule has 1 aromatic rings. The van der Waals surface area contributed by atoms with Crippen molar-refractivity contribution in [1.29, 1.82) is 0 Å². The summed E-state index contributed by atoms with van der Waals surface area (Å²) in [7, 11) is 0. The topological polar surface area (TPSA) is 15.8 Å². The van der Waals surface area contributed by atoms with Gasteiger partial charge in [-0.3, -0.25) is 0 Å². The van der Waals surface area contributed by atoms with E-state index >= 15 is 0 Å². The average molecular weight is 187 g/mol. The predicted octanol–water partition coefficient (Wildman–Crippen LogP) is 2.29. The van der Waals surface area contributed by atoms with Gasteiger partial charge in [-0.1, -0.05) is 30.9 Å². The van der Waals surface area contributed by atoms with Gasteiger partial charge >= 0.3 is 0 Å². The van der Waals surface area contributed by atoms with Gasteiger partial charge in [0.25, 0.3) is 0 Å². The lowest BCUT2D eigenvalue weighted by molar-refractivity contribution is 1.29. The monoisotopic (exact) mass is 187 g/mol. The van der Waals surface area contributed by atoms with E-state index in [1.165, 1.54) is 10.8 Å². The molecule has 14 heavy (non-hydrogen) atoms. The summed E-state index contributed by atoms with van der Waals surface area (Å²) in [6.07, 6.45) is 10.2. The molecule has 1 heteroatoms. The molecule has 0 unspecified atom stereocenters. The molecule has 1 rings (SSSR count). The highest BCUT2D eigenvalue weighted by molar-refractivity contribution is 5.63. The first-order valence-corrected chi connectivity index (χ1v) is 4.88. The van der Waals surface area contributed by atoms with Gasteiger partial charge in [0.05, 0.1) is 0 Å². The summed E-state index contributed by atoms with van der Waals surface area (Å²) in [6, 6.07) is 0. The smallest absolute Gasteiger partial charge is 0.0461 e. The first kappa shape index (κ1) is 10.6. The third kappa shape index (κ3) is 1.72. The maximum Gasteiger partial charge on any atom is 0.0461 e. The average Bonchev–Trinajstić information content (AvgIpc) is 2.55. The van der Waals surface area contributed by atoms with E-state index in [4.69, 9.17) is 0 Å². The van der Waals surface area contributed by atoms with E-state index in [1.54, 1.807) is 0 Å². The van der Waals surface area contributed by atoms with Gasteiger partial charge in [0.2, 0.25) is 0 Å². The van der Waals surface area contributed by atoms with Crippen LogP contribution in [-0.4, -0.2) is 4.98 Å². The molecule has 0 amide bonds. The highest BCUT2D eigenvalue weighted by Crippen LogP contribution is 2.02. The van der Waals surface area contributed by atoms with Gasteiger partial charge in [-0.2, -0.15) is 0 Å². The Hall–Kier alpha value is -1.50. The molecular weight excluding hydrogens is 170 g/mol. The molecule has 0 aliphatic rings. The van der Waals surface area contributed by atoms with Crippen LogP contribution >= 0.6 is 0 Å². The Morgan fingerprint density at radius 1 is 1.14 bits per heavy atom. The number of aromatic amines is 1. The second-order valence-corrected chi connectivity index (χ2v) is 3.06. The van der Waals surface area contributed by atoms with Crippen molar-refractivity contribution in [3.05, 3.63) is 34.5 Å². The van der Waals surface area contributed by atoms with Crippen molar-refractivity contribution < 1.29 is 0 Å².